The molecular formula is C13H10Cl2OS. The van der Waals surface area contributed by atoms with Crippen LogP contribution in [0.1, 0.15) is 5.56 Å². The Balaban J connectivity index is 2.16. The Morgan fingerprint density at radius 1 is 0.882 bits per heavy atom. The second-order valence-corrected chi connectivity index (χ2v) is 5.44. The predicted octanol–water partition coefficient (Wildman–Crippen LogP) is 4.64. The van der Waals surface area contributed by atoms with Gasteiger partial charge in [-0.05, 0) is 35.9 Å². The van der Waals surface area contributed by atoms with Gasteiger partial charge in [-0.3, -0.25) is 0 Å². The number of rotatable bonds is 3. The molecule has 1 nitrogen and oxygen atoms in total. The molecule has 4 heteroatoms. The molecular weight excluding hydrogens is 275 g/mol. The number of hydrogen-bond acceptors (Lipinski definition) is 2. The van der Waals surface area contributed by atoms with Crippen molar-refractivity contribution in [1.82, 2.24) is 0 Å². The Bertz CT molecular complexity index is 511. The summed E-state index contributed by atoms with van der Waals surface area (Å²) in [6.45, 7) is 0.0672. The Hall–Kier alpha value is -0.670. The second-order valence-electron chi connectivity index (χ2n) is 3.48. The number of hydrogen-bond donors (Lipinski definition) is 1. The van der Waals surface area contributed by atoms with Crippen molar-refractivity contribution in [3.05, 3.63) is 58.1 Å². The molecule has 0 spiro atoms. The van der Waals surface area contributed by atoms with E-state index in [1.54, 1.807) is 17.8 Å². The highest BCUT2D eigenvalue weighted by molar-refractivity contribution is 7.99. The molecule has 0 aliphatic heterocycles. The van der Waals surface area contributed by atoms with E-state index in [0.29, 0.717) is 10.0 Å². The maximum atomic E-state index is 8.95. The molecule has 2 aromatic carbocycles. The van der Waals surface area contributed by atoms with E-state index in [1.165, 1.54) is 0 Å². The van der Waals surface area contributed by atoms with Gasteiger partial charge in [-0.15, -0.1) is 0 Å². The van der Waals surface area contributed by atoms with Gasteiger partial charge in [0.1, 0.15) is 0 Å². The first-order valence-corrected chi connectivity index (χ1v) is 6.59. The minimum atomic E-state index is 0.0672. The highest BCUT2D eigenvalue weighted by Gasteiger charge is 2.01. The van der Waals surface area contributed by atoms with Crippen LogP contribution in [-0.4, -0.2) is 5.11 Å². The van der Waals surface area contributed by atoms with Crippen LogP contribution in [0.25, 0.3) is 0 Å². The van der Waals surface area contributed by atoms with E-state index in [1.807, 2.05) is 36.4 Å². The fourth-order valence-corrected chi connectivity index (χ4v) is 2.56. The standard InChI is InChI=1S/C13H10Cl2OS/c14-12-6-5-11(7-13(12)15)17-10-3-1-9(8-16)2-4-10/h1-7,16H,8H2. The fraction of sp³-hybridized carbons (Fsp3) is 0.0769. The minimum Gasteiger partial charge on any atom is -0.392 e. The summed E-state index contributed by atoms with van der Waals surface area (Å²) in [6, 6.07) is 13.3. The zero-order chi connectivity index (χ0) is 12.3. The van der Waals surface area contributed by atoms with E-state index in [0.717, 1.165) is 15.4 Å². The van der Waals surface area contributed by atoms with Crippen LogP contribution in [-0.2, 0) is 6.61 Å². The van der Waals surface area contributed by atoms with E-state index in [4.69, 9.17) is 28.3 Å². The first kappa shape index (κ1) is 12.8. The van der Waals surface area contributed by atoms with Gasteiger partial charge in [0.15, 0.2) is 0 Å². The molecule has 2 aromatic rings. The zero-order valence-corrected chi connectivity index (χ0v) is 11.2. The van der Waals surface area contributed by atoms with Crippen molar-refractivity contribution in [2.45, 2.75) is 16.4 Å². The smallest absolute Gasteiger partial charge is 0.0681 e. The van der Waals surface area contributed by atoms with Crippen molar-refractivity contribution in [2.75, 3.05) is 0 Å². The Morgan fingerprint density at radius 2 is 1.53 bits per heavy atom. The first-order chi connectivity index (χ1) is 8.19. The summed E-state index contributed by atoms with van der Waals surface area (Å²) in [5.74, 6) is 0. The third-order valence-corrected chi connectivity index (χ3v) is 3.97. The van der Waals surface area contributed by atoms with Gasteiger partial charge in [-0.25, -0.2) is 0 Å². The lowest BCUT2D eigenvalue weighted by Crippen LogP contribution is -1.81. The highest BCUT2D eigenvalue weighted by atomic mass is 35.5. The normalized spacial score (nSPS) is 10.5. The molecule has 0 aromatic heterocycles. The van der Waals surface area contributed by atoms with Gasteiger partial charge in [0.2, 0.25) is 0 Å². The second kappa shape index (κ2) is 5.78. The summed E-state index contributed by atoms with van der Waals surface area (Å²) in [7, 11) is 0. The van der Waals surface area contributed by atoms with Gasteiger partial charge >= 0.3 is 0 Å². The first-order valence-electron chi connectivity index (χ1n) is 5.02. The van der Waals surface area contributed by atoms with Crippen LogP contribution < -0.4 is 0 Å². The van der Waals surface area contributed by atoms with E-state index >= 15 is 0 Å². The van der Waals surface area contributed by atoms with Gasteiger partial charge in [-0.2, -0.15) is 0 Å². The summed E-state index contributed by atoms with van der Waals surface area (Å²) < 4.78 is 0. The molecule has 0 bridgehead atoms. The van der Waals surface area contributed by atoms with Crippen molar-refractivity contribution >= 4 is 35.0 Å². The van der Waals surface area contributed by atoms with E-state index < -0.39 is 0 Å². The third-order valence-electron chi connectivity index (χ3n) is 2.23. The molecule has 0 saturated carbocycles. The van der Waals surface area contributed by atoms with Crippen molar-refractivity contribution < 1.29 is 5.11 Å². The molecule has 0 fully saturated rings. The van der Waals surface area contributed by atoms with Crippen LogP contribution in [0.2, 0.25) is 10.0 Å². The lowest BCUT2D eigenvalue weighted by Gasteiger charge is -2.04. The summed E-state index contributed by atoms with van der Waals surface area (Å²) in [5.41, 5.74) is 0.906. The van der Waals surface area contributed by atoms with Crippen molar-refractivity contribution in [2.24, 2.45) is 0 Å². The summed E-state index contributed by atoms with van der Waals surface area (Å²) in [5, 5.41) is 10.1. The number of aliphatic hydroxyl groups is 1. The van der Waals surface area contributed by atoms with Crippen LogP contribution >= 0.6 is 35.0 Å². The molecule has 0 atom stereocenters. The SMILES string of the molecule is OCc1ccc(Sc2ccc(Cl)c(Cl)c2)cc1. The molecule has 0 aliphatic rings. The van der Waals surface area contributed by atoms with Crippen LogP contribution in [0.3, 0.4) is 0 Å². The van der Waals surface area contributed by atoms with Crippen molar-refractivity contribution in [1.29, 1.82) is 0 Å². The quantitative estimate of drug-likeness (QED) is 0.886. The largest absolute Gasteiger partial charge is 0.392 e. The lowest BCUT2D eigenvalue weighted by atomic mass is 10.2. The highest BCUT2D eigenvalue weighted by Crippen LogP contribution is 2.32. The average Bonchev–Trinajstić information content (AvgIpc) is 2.35. The molecule has 0 aliphatic carbocycles. The van der Waals surface area contributed by atoms with Gasteiger partial charge in [0.05, 0.1) is 16.7 Å². The molecule has 0 unspecified atom stereocenters. The lowest BCUT2D eigenvalue weighted by molar-refractivity contribution is 0.282. The predicted molar refractivity (Wildman–Crippen MR) is 72.9 cm³/mol. The monoisotopic (exact) mass is 284 g/mol. The van der Waals surface area contributed by atoms with E-state index in [-0.39, 0.29) is 6.61 Å². The fourth-order valence-electron chi connectivity index (χ4n) is 1.34. The maximum Gasteiger partial charge on any atom is 0.0681 e. The van der Waals surface area contributed by atoms with Gasteiger partial charge in [0.25, 0.3) is 0 Å². The molecule has 0 amide bonds. The van der Waals surface area contributed by atoms with E-state index in [9.17, 15) is 0 Å². The summed E-state index contributed by atoms with van der Waals surface area (Å²) in [4.78, 5) is 2.14. The number of benzene rings is 2. The van der Waals surface area contributed by atoms with Crippen LogP contribution in [0, 0.1) is 0 Å². The van der Waals surface area contributed by atoms with Crippen molar-refractivity contribution in [3.63, 3.8) is 0 Å². The van der Waals surface area contributed by atoms with Crippen LogP contribution in [0.5, 0.6) is 0 Å². The average molecular weight is 285 g/mol. The summed E-state index contributed by atoms with van der Waals surface area (Å²) in [6.07, 6.45) is 0. The molecule has 0 heterocycles. The molecule has 88 valence electrons. The Kier molecular flexibility index (Phi) is 4.35. The molecule has 0 radical (unpaired) electrons. The Labute approximate surface area is 114 Å². The molecule has 1 N–H and O–H groups in total. The maximum absolute atomic E-state index is 8.95. The van der Waals surface area contributed by atoms with Crippen LogP contribution in [0.4, 0.5) is 0 Å². The Morgan fingerprint density at radius 3 is 2.12 bits per heavy atom. The van der Waals surface area contributed by atoms with Crippen LogP contribution in [0.15, 0.2) is 52.3 Å². The van der Waals surface area contributed by atoms with Gasteiger partial charge in [-0.1, -0.05) is 47.1 Å². The third kappa shape index (κ3) is 3.39. The molecule has 2 rings (SSSR count). The molecule has 0 saturated heterocycles. The minimum absolute atomic E-state index is 0.0672. The van der Waals surface area contributed by atoms with Gasteiger partial charge in [0, 0.05) is 9.79 Å². The molecule has 17 heavy (non-hydrogen) atoms. The zero-order valence-electron chi connectivity index (χ0n) is 8.86. The number of halogens is 2. The summed E-state index contributed by atoms with van der Waals surface area (Å²) >= 11 is 13.4. The van der Waals surface area contributed by atoms with Crippen molar-refractivity contribution in [3.8, 4) is 0 Å². The van der Waals surface area contributed by atoms with E-state index in [2.05, 4.69) is 0 Å². The van der Waals surface area contributed by atoms with Gasteiger partial charge < -0.3 is 5.11 Å². The number of aliphatic hydroxyl groups excluding tert-OH is 1. The topological polar surface area (TPSA) is 20.2 Å².